The van der Waals surface area contributed by atoms with E-state index in [0.717, 1.165) is 18.8 Å². The maximum atomic E-state index is 4.49. The SMILES string of the molecule is Cc1cnc2n(CCc3ccccc3)cccc1-2. The van der Waals surface area contributed by atoms with Crippen LogP contribution in [0.1, 0.15) is 11.1 Å². The molecular formula is C16H16N2. The Morgan fingerprint density at radius 2 is 1.89 bits per heavy atom. The number of aromatic nitrogens is 2. The first kappa shape index (κ1) is 11.0. The minimum atomic E-state index is 0.970. The monoisotopic (exact) mass is 236 g/mol. The molecule has 0 bridgehead atoms. The zero-order valence-electron chi connectivity index (χ0n) is 10.5. The van der Waals surface area contributed by atoms with Gasteiger partial charge in [0.25, 0.3) is 0 Å². The van der Waals surface area contributed by atoms with Gasteiger partial charge in [0.2, 0.25) is 0 Å². The number of nitrogens with zero attached hydrogens (tertiary/aromatic N) is 2. The molecule has 0 atom stereocenters. The highest BCUT2D eigenvalue weighted by Crippen LogP contribution is 2.24. The van der Waals surface area contributed by atoms with Crippen molar-refractivity contribution in [2.45, 2.75) is 19.9 Å². The van der Waals surface area contributed by atoms with E-state index in [1.807, 2.05) is 6.20 Å². The van der Waals surface area contributed by atoms with Gasteiger partial charge in [-0.25, -0.2) is 4.98 Å². The molecular weight excluding hydrogens is 220 g/mol. The Labute approximate surface area is 107 Å². The van der Waals surface area contributed by atoms with Crippen molar-refractivity contribution >= 4 is 0 Å². The smallest absolute Gasteiger partial charge is 0.140 e. The molecule has 2 aliphatic heterocycles. The summed E-state index contributed by atoms with van der Waals surface area (Å²) in [6.45, 7) is 3.08. The van der Waals surface area contributed by atoms with Crippen LogP contribution >= 0.6 is 0 Å². The maximum Gasteiger partial charge on any atom is 0.140 e. The maximum absolute atomic E-state index is 4.49. The van der Waals surface area contributed by atoms with Crippen LogP contribution in [0.15, 0.2) is 54.9 Å². The van der Waals surface area contributed by atoms with Gasteiger partial charge < -0.3 is 4.57 Å². The highest BCUT2D eigenvalue weighted by molar-refractivity contribution is 5.62. The van der Waals surface area contributed by atoms with Gasteiger partial charge in [0.1, 0.15) is 5.82 Å². The number of hydrogen-bond acceptors (Lipinski definition) is 1. The van der Waals surface area contributed by atoms with E-state index in [0.29, 0.717) is 0 Å². The molecule has 1 aromatic carbocycles. The lowest BCUT2D eigenvalue weighted by Gasteiger charge is -2.11. The molecule has 18 heavy (non-hydrogen) atoms. The van der Waals surface area contributed by atoms with Gasteiger partial charge in [0, 0.05) is 24.5 Å². The van der Waals surface area contributed by atoms with Crippen molar-refractivity contribution in [1.82, 2.24) is 9.55 Å². The summed E-state index contributed by atoms with van der Waals surface area (Å²) in [6.07, 6.45) is 5.10. The van der Waals surface area contributed by atoms with Gasteiger partial charge in [0.15, 0.2) is 0 Å². The molecule has 0 amide bonds. The third kappa shape index (κ3) is 2.02. The van der Waals surface area contributed by atoms with Crippen LogP contribution in [0, 0.1) is 6.92 Å². The first-order valence-corrected chi connectivity index (χ1v) is 6.29. The summed E-state index contributed by atoms with van der Waals surface area (Å²) in [5.41, 5.74) is 3.87. The van der Waals surface area contributed by atoms with Gasteiger partial charge in [-0.3, -0.25) is 0 Å². The van der Waals surface area contributed by atoms with Crippen LogP contribution < -0.4 is 0 Å². The summed E-state index contributed by atoms with van der Waals surface area (Å²) in [7, 11) is 0. The first-order valence-electron chi connectivity index (χ1n) is 6.29. The minimum absolute atomic E-state index is 0.970. The molecule has 0 unspecified atom stereocenters. The van der Waals surface area contributed by atoms with Crippen LogP contribution in [-0.2, 0) is 13.0 Å². The van der Waals surface area contributed by atoms with Crippen LogP contribution in [0.2, 0.25) is 0 Å². The van der Waals surface area contributed by atoms with Crippen LogP contribution in [-0.4, -0.2) is 9.55 Å². The van der Waals surface area contributed by atoms with E-state index in [-0.39, 0.29) is 0 Å². The van der Waals surface area contributed by atoms with Crippen molar-refractivity contribution in [3.63, 3.8) is 0 Å². The third-order valence-electron chi connectivity index (χ3n) is 3.33. The molecule has 2 nitrogen and oxygen atoms in total. The van der Waals surface area contributed by atoms with Crippen molar-refractivity contribution in [2.75, 3.05) is 0 Å². The van der Waals surface area contributed by atoms with Gasteiger partial charge in [-0.2, -0.15) is 0 Å². The van der Waals surface area contributed by atoms with E-state index < -0.39 is 0 Å². The van der Waals surface area contributed by atoms with Gasteiger partial charge in [-0.05, 0) is 36.6 Å². The number of hydrogen-bond donors (Lipinski definition) is 0. The summed E-state index contributed by atoms with van der Waals surface area (Å²) in [5.74, 6) is 1.09. The van der Waals surface area contributed by atoms with Crippen molar-refractivity contribution in [2.24, 2.45) is 0 Å². The molecule has 0 aliphatic carbocycles. The largest absolute Gasteiger partial charge is 0.332 e. The fraction of sp³-hybridized carbons (Fsp3) is 0.188. The average Bonchev–Trinajstić information content (AvgIpc) is 2.80. The molecule has 3 rings (SSSR count). The Kier molecular flexibility index (Phi) is 2.85. The molecule has 0 fully saturated rings. The van der Waals surface area contributed by atoms with Gasteiger partial charge >= 0.3 is 0 Å². The molecule has 2 heteroatoms. The third-order valence-corrected chi connectivity index (χ3v) is 3.33. The number of benzene rings is 1. The summed E-state index contributed by atoms with van der Waals surface area (Å²) in [6, 6.07) is 14.8. The predicted octanol–water partition coefficient (Wildman–Crippen LogP) is 3.54. The number of pyridine rings is 1. The second-order valence-electron chi connectivity index (χ2n) is 4.62. The Bertz CT molecular complexity index is 610. The Balaban J connectivity index is 1.83. The van der Waals surface area contributed by atoms with Crippen LogP contribution in [0.3, 0.4) is 0 Å². The van der Waals surface area contributed by atoms with Gasteiger partial charge in [-0.1, -0.05) is 30.3 Å². The fourth-order valence-corrected chi connectivity index (χ4v) is 2.30. The predicted molar refractivity (Wildman–Crippen MR) is 73.7 cm³/mol. The van der Waals surface area contributed by atoms with Crippen molar-refractivity contribution in [3.05, 3.63) is 66.0 Å². The Morgan fingerprint density at radius 1 is 1.06 bits per heavy atom. The minimum Gasteiger partial charge on any atom is -0.332 e. The van der Waals surface area contributed by atoms with E-state index in [1.54, 1.807) is 0 Å². The first-order chi connectivity index (χ1) is 8.84. The lowest BCUT2D eigenvalue weighted by molar-refractivity contribution is 0.689. The Hall–Kier alpha value is -2.09. The van der Waals surface area contributed by atoms with E-state index in [4.69, 9.17) is 0 Å². The van der Waals surface area contributed by atoms with E-state index in [1.165, 1.54) is 16.7 Å². The van der Waals surface area contributed by atoms with E-state index in [2.05, 4.69) is 65.1 Å². The molecule has 0 spiro atoms. The zero-order valence-corrected chi connectivity index (χ0v) is 10.5. The number of fused-ring (bicyclic) bond motifs is 1. The molecule has 2 aliphatic rings. The second kappa shape index (κ2) is 4.65. The van der Waals surface area contributed by atoms with Crippen LogP contribution in [0.5, 0.6) is 0 Å². The summed E-state index contributed by atoms with van der Waals surface area (Å²) in [4.78, 5) is 4.49. The number of aryl methyl sites for hydroxylation is 3. The van der Waals surface area contributed by atoms with Crippen molar-refractivity contribution in [3.8, 4) is 11.4 Å². The zero-order chi connectivity index (χ0) is 12.4. The summed E-state index contributed by atoms with van der Waals surface area (Å²) in [5, 5.41) is 0. The highest BCUT2D eigenvalue weighted by Gasteiger charge is 2.10. The normalized spacial score (nSPS) is 10.9. The van der Waals surface area contributed by atoms with Crippen molar-refractivity contribution in [1.29, 1.82) is 0 Å². The Morgan fingerprint density at radius 3 is 2.72 bits per heavy atom. The van der Waals surface area contributed by atoms with E-state index >= 15 is 0 Å². The summed E-state index contributed by atoms with van der Waals surface area (Å²) < 4.78 is 2.23. The standard InChI is InChI=1S/C16H16N2/c1-13-12-17-16-15(13)8-5-10-18(16)11-9-14-6-3-2-4-7-14/h2-8,10,12H,9,11H2,1H3. The average molecular weight is 236 g/mol. The molecule has 90 valence electrons. The molecule has 2 heterocycles. The fourth-order valence-electron chi connectivity index (χ4n) is 2.30. The molecule has 0 saturated heterocycles. The van der Waals surface area contributed by atoms with Gasteiger partial charge in [0.05, 0.1) is 0 Å². The van der Waals surface area contributed by atoms with E-state index in [9.17, 15) is 0 Å². The quantitative estimate of drug-likeness (QED) is 0.680. The molecule has 0 N–H and O–H groups in total. The number of rotatable bonds is 3. The molecule has 1 aromatic rings. The highest BCUT2D eigenvalue weighted by atomic mass is 15.0. The van der Waals surface area contributed by atoms with Crippen LogP contribution in [0.25, 0.3) is 11.4 Å². The van der Waals surface area contributed by atoms with Gasteiger partial charge in [-0.15, -0.1) is 0 Å². The lowest BCUT2D eigenvalue weighted by atomic mass is 10.1. The van der Waals surface area contributed by atoms with Crippen LogP contribution in [0.4, 0.5) is 0 Å². The lowest BCUT2D eigenvalue weighted by Crippen LogP contribution is -2.05. The molecule has 0 radical (unpaired) electrons. The van der Waals surface area contributed by atoms with Crippen molar-refractivity contribution < 1.29 is 0 Å². The molecule has 0 aromatic heterocycles. The topological polar surface area (TPSA) is 17.8 Å². The molecule has 0 saturated carbocycles. The summed E-state index contributed by atoms with van der Waals surface area (Å²) >= 11 is 0. The second-order valence-corrected chi connectivity index (χ2v) is 4.62.